The molecule has 2 nitrogen and oxygen atoms in total. The molecule has 0 aromatic heterocycles. The highest BCUT2D eigenvalue weighted by molar-refractivity contribution is 5.90. The maximum Gasteiger partial charge on any atom is 0.241 e. The smallest absolute Gasteiger partial charge is 0.241 e. The number of nitrogens with two attached hydrogens (primary N) is 1. The van der Waals surface area contributed by atoms with Crippen molar-refractivity contribution in [3.05, 3.63) is 42.0 Å². The molecule has 1 rings (SSSR count). The average molecular weight is 146 g/mol. The van der Waals surface area contributed by atoms with E-state index >= 15 is 0 Å². The summed E-state index contributed by atoms with van der Waals surface area (Å²) in [6, 6.07) is 10.2. The number of rotatable bonds is 2. The zero-order valence-corrected chi connectivity index (χ0v) is 5.95. The molecule has 1 radical (unpaired) electrons. The van der Waals surface area contributed by atoms with E-state index in [-0.39, 0.29) is 0 Å². The van der Waals surface area contributed by atoms with Crippen molar-refractivity contribution < 1.29 is 4.79 Å². The molecule has 0 heterocycles. The van der Waals surface area contributed by atoms with Crippen molar-refractivity contribution in [2.45, 2.75) is 0 Å². The maximum absolute atomic E-state index is 10.3. The van der Waals surface area contributed by atoms with Gasteiger partial charge in [0.2, 0.25) is 5.91 Å². The molecule has 0 saturated heterocycles. The molecule has 2 heteroatoms. The number of carbonyl (C=O) groups excluding carboxylic acids is 1. The molecule has 1 amide bonds. The first-order chi connectivity index (χ1) is 5.29. The highest BCUT2D eigenvalue weighted by Crippen LogP contribution is 1.99. The highest BCUT2D eigenvalue weighted by atomic mass is 16.1. The van der Waals surface area contributed by atoms with Crippen molar-refractivity contribution in [2.75, 3.05) is 0 Å². The third-order valence-corrected chi connectivity index (χ3v) is 1.17. The molecule has 1 aromatic carbocycles. The Morgan fingerprint density at radius 1 is 1.64 bits per heavy atom. The highest BCUT2D eigenvalue weighted by Gasteiger charge is 1.84. The topological polar surface area (TPSA) is 43.1 Å². The SMILES string of the molecule is NC(=O)/C=C/c1c[c]ccc1. The van der Waals surface area contributed by atoms with Gasteiger partial charge in [0.15, 0.2) is 0 Å². The van der Waals surface area contributed by atoms with Crippen LogP contribution in [0.5, 0.6) is 0 Å². The van der Waals surface area contributed by atoms with Crippen molar-refractivity contribution in [3.8, 4) is 0 Å². The third-order valence-electron chi connectivity index (χ3n) is 1.17. The van der Waals surface area contributed by atoms with Gasteiger partial charge in [-0.15, -0.1) is 0 Å². The van der Waals surface area contributed by atoms with Crippen LogP contribution in [0.15, 0.2) is 30.3 Å². The lowest BCUT2D eigenvalue weighted by molar-refractivity contribution is -0.113. The van der Waals surface area contributed by atoms with Gasteiger partial charge < -0.3 is 5.73 Å². The van der Waals surface area contributed by atoms with Crippen molar-refractivity contribution in [3.63, 3.8) is 0 Å². The summed E-state index contributed by atoms with van der Waals surface area (Å²) in [5.74, 6) is -0.436. The summed E-state index contributed by atoms with van der Waals surface area (Å²) in [4.78, 5) is 10.3. The predicted molar refractivity (Wildman–Crippen MR) is 43.5 cm³/mol. The first-order valence-electron chi connectivity index (χ1n) is 3.22. The van der Waals surface area contributed by atoms with Gasteiger partial charge in [0.05, 0.1) is 0 Å². The molecule has 55 valence electrons. The van der Waals surface area contributed by atoms with Crippen LogP contribution in [-0.2, 0) is 4.79 Å². The van der Waals surface area contributed by atoms with Crippen LogP contribution in [0.2, 0.25) is 0 Å². The van der Waals surface area contributed by atoms with Gasteiger partial charge in [0.1, 0.15) is 0 Å². The minimum absolute atomic E-state index is 0.436. The van der Waals surface area contributed by atoms with E-state index in [0.717, 1.165) is 5.56 Å². The Hall–Kier alpha value is -1.57. The van der Waals surface area contributed by atoms with Gasteiger partial charge >= 0.3 is 0 Å². The first kappa shape index (κ1) is 7.54. The van der Waals surface area contributed by atoms with E-state index in [1.807, 2.05) is 12.1 Å². The summed E-state index contributed by atoms with van der Waals surface area (Å²) in [5.41, 5.74) is 5.83. The monoisotopic (exact) mass is 146 g/mol. The van der Waals surface area contributed by atoms with Gasteiger partial charge in [-0.1, -0.05) is 18.2 Å². The molecule has 1 aromatic rings. The quantitative estimate of drug-likeness (QED) is 0.621. The largest absolute Gasteiger partial charge is 0.366 e. The summed E-state index contributed by atoms with van der Waals surface area (Å²) in [5, 5.41) is 0. The van der Waals surface area contributed by atoms with Crippen LogP contribution in [0.3, 0.4) is 0 Å². The van der Waals surface area contributed by atoms with E-state index in [9.17, 15) is 4.79 Å². The van der Waals surface area contributed by atoms with Gasteiger partial charge in [-0.3, -0.25) is 4.79 Å². The van der Waals surface area contributed by atoms with Crippen molar-refractivity contribution in [1.82, 2.24) is 0 Å². The fraction of sp³-hybridized carbons (Fsp3) is 0. The molecule has 0 saturated carbocycles. The van der Waals surface area contributed by atoms with Crippen LogP contribution in [-0.4, -0.2) is 5.91 Å². The van der Waals surface area contributed by atoms with E-state index in [1.165, 1.54) is 6.08 Å². The van der Waals surface area contributed by atoms with Crippen LogP contribution in [0, 0.1) is 6.07 Å². The van der Waals surface area contributed by atoms with Crippen molar-refractivity contribution in [1.29, 1.82) is 0 Å². The Balaban J connectivity index is 2.72. The van der Waals surface area contributed by atoms with Crippen LogP contribution in [0.1, 0.15) is 5.56 Å². The summed E-state index contributed by atoms with van der Waals surface area (Å²) in [6.45, 7) is 0. The van der Waals surface area contributed by atoms with Crippen LogP contribution < -0.4 is 5.73 Å². The minimum atomic E-state index is -0.436. The van der Waals surface area contributed by atoms with Crippen LogP contribution in [0.25, 0.3) is 6.08 Å². The molecule has 11 heavy (non-hydrogen) atoms. The van der Waals surface area contributed by atoms with Gasteiger partial charge in [0.25, 0.3) is 0 Å². The number of benzene rings is 1. The molecule has 0 bridgehead atoms. The normalized spacial score (nSPS) is 10.2. The van der Waals surface area contributed by atoms with E-state index < -0.39 is 5.91 Å². The van der Waals surface area contributed by atoms with Gasteiger partial charge in [-0.05, 0) is 23.8 Å². The molecule has 0 spiro atoms. The van der Waals surface area contributed by atoms with Gasteiger partial charge in [-0.25, -0.2) is 0 Å². The van der Waals surface area contributed by atoms with Crippen LogP contribution in [0.4, 0.5) is 0 Å². The summed E-state index contributed by atoms with van der Waals surface area (Å²) in [7, 11) is 0. The second-order valence-corrected chi connectivity index (χ2v) is 2.07. The fourth-order valence-electron chi connectivity index (χ4n) is 0.689. The molecule has 0 atom stereocenters. The number of hydrogen-bond acceptors (Lipinski definition) is 1. The third kappa shape index (κ3) is 2.67. The number of amides is 1. The van der Waals surface area contributed by atoms with E-state index in [0.29, 0.717) is 0 Å². The van der Waals surface area contributed by atoms with Gasteiger partial charge in [0, 0.05) is 6.08 Å². The van der Waals surface area contributed by atoms with Crippen molar-refractivity contribution in [2.24, 2.45) is 5.73 Å². The zero-order valence-electron chi connectivity index (χ0n) is 5.95. The Kier molecular flexibility index (Phi) is 2.44. The second kappa shape index (κ2) is 3.56. The Bertz CT molecular complexity index is 264. The molecular weight excluding hydrogens is 138 g/mol. The number of hydrogen-bond donors (Lipinski definition) is 1. The molecule has 2 N–H and O–H groups in total. The number of carbonyl (C=O) groups is 1. The van der Waals surface area contributed by atoms with Gasteiger partial charge in [-0.2, -0.15) is 0 Å². The van der Waals surface area contributed by atoms with E-state index in [2.05, 4.69) is 6.07 Å². The fourth-order valence-corrected chi connectivity index (χ4v) is 0.689. The zero-order chi connectivity index (χ0) is 8.10. The van der Waals surface area contributed by atoms with E-state index in [1.54, 1.807) is 18.2 Å². The van der Waals surface area contributed by atoms with Crippen molar-refractivity contribution >= 4 is 12.0 Å². The Morgan fingerprint density at radius 2 is 2.45 bits per heavy atom. The molecule has 0 fully saturated rings. The van der Waals surface area contributed by atoms with Crippen LogP contribution >= 0.6 is 0 Å². The molecule has 0 aliphatic heterocycles. The summed E-state index contributed by atoms with van der Waals surface area (Å²) in [6.07, 6.45) is 2.97. The molecule has 0 aliphatic carbocycles. The molecular formula is C9H8NO. The standard InChI is InChI=1S/C9H8NO/c10-9(11)7-6-8-4-2-1-3-5-8/h1-2,4-7H,(H2,10,11)/b7-6+. The maximum atomic E-state index is 10.3. The average Bonchev–Trinajstić information content (AvgIpc) is 2.03. The second-order valence-electron chi connectivity index (χ2n) is 2.07. The number of primary amides is 1. The lowest BCUT2D eigenvalue weighted by atomic mass is 10.2. The first-order valence-corrected chi connectivity index (χ1v) is 3.22. The molecule has 0 aliphatic rings. The Morgan fingerprint density at radius 3 is 3.00 bits per heavy atom. The Labute approximate surface area is 65.3 Å². The lowest BCUT2D eigenvalue weighted by Gasteiger charge is -1.87. The minimum Gasteiger partial charge on any atom is -0.366 e. The summed E-state index contributed by atoms with van der Waals surface area (Å²) < 4.78 is 0. The lowest BCUT2D eigenvalue weighted by Crippen LogP contribution is -2.04. The molecule has 0 unspecified atom stereocenters. The summed E-state index contributed by atoms with van der Waals surface area (Å²) >= 11 is 0. The van der Waals surface area contributed by atoms with E-state index in [4.69, 9.17) is 5.73 Å². The predicted octanol–water partition coefficient (Wildman–Crippen LogP) is 0.985.